The largest absolute Gasteiger partial charge is 0.368 e. The van der Waals surface area contributed by atoms with Crippen LogP contribution in [0.5, 0.6) is 0 Å². The number of rotatable bonds is 5. The Labute approximate surface area is 122 Å². The first kappa shape index (κ1) is 13.8. The second-order valence-corrected chi connectivity index (χ2v) is 6.19. The molecule has 1 aliphatic carbocycles. The van der Waals surface area contributed by atoms with E-state index in [2.05, 4.69) is 33.8 Å². The summed E-state index contributed by atoms with van der Waals surface area (Å²) in [5, 5.41) is 0. The van der Waals surface area contributed by atoms with Crippen LogP contribution in [-0.2, 0) is 0 Å². The maximum Gasteiger partial charge on any atom is 0.0572 e. The molecule has 1 saturated carbocycles. The van der Waals surface area contributed by atoms with Crippen molar-refractivity contribution >= 4 is 5.69 Å². The molecular weight excluding hydrogens is 248 g/mol. The Morgan fingerprint density at radius 1 is 1.25 bits per heavy atom. The molecule has 0 bridgehead atoms. The zero-order chi connectivity index (χ0) is 13.9. The zero-order valence-corrected chi connectivity index (χ0v) is 12.5. The molecule has 1 aliphatic heterocycles. The van der Waals surface area contributed by atoms with E-state index in [4.69, 9.17) is 5.73 Å². The van der Waals surface area contributed by atoms with Crippen LogP contribution in [0.1, 0.15) is 37.9 Å². The number of aromatic nitrogens is 1. The van der Waals surface area contributed by atoms with Crippen molar-refractivity contribution < 1.29 is 0 Å². The molecule has 2 heterocycles. The lowest BCUT2D eigenvalue weighted by molar-refractivity contribution is 0.248. The van der Waals surface area contributed by atoms with Gasteiger partial charge in [0.2, 0.25) is 0 Å². The Kier molecular flexibility index (Phi) is 4.22. The third-order valence-electron chi connectivity index (χ3n) is 4.54. The maximum atomic E-state index is 6.01. The number of hydrogen-bond donors (Lipinski definition) is 1. The van der Waals surface area contributed by atoms with Crippen molar-refractivity contribution in [1.29, 1.82) is 0 Å². The number of piperazine rings is 1. The predicted molar refractivity (Wildman–Crippen MR) is 82.8 cm³/mol. The lowest BCUT2D eigenvalue weighted by atomic mass is 10.1. The van der Waals surface area contributed by atoms with Crippen LogP contribution in [0, 0.1) is 5.92 Å². The van der Waals surface area contributed by atoms with Crippen LogP contribution in [0.2, 0.25) is 0 Å². The highest BCUT2D eigenvalue weighted by Crippen LogP contribution is 2.30. The Morgan fingerprint density at radius 2 is 2.00 bits per heavy atom. The van der Waals surface area contributed by atoms with Gasteiger partial charge in [-0.15, -0.1) is 0 Å². The third kappa shape index (κ3) is 3.30. The van der Waals surface area contributed by atoms with Gasteiger partial charge in [0.05, 0.1) is 17.6 Å². The summed E-state index contributed by atoms with van der Waals surface area (Å²) in [6.07, 6.45) is 5.82. The molecule has 0 spiro atoms. The van der Waals surface area contributed by atoms with E-state index < -0.39 is 0 Å². The minimum atomic E-state index is 0.0689. The summed E-state index contributed by atoms with van der Waals surface area (Å²) in [6.45, 7) is 8.02. The van der Waals surface area contributed by atoms with Crippen molar-refractivity contribution in [3.05, 3.63) is 24.0 Å². The molecule has 1 saturated heterocycles. The van der Waals surface area contributed by atoms with Crippen molar-refractivity contribution in [3.63, 3.8) is 0 Å². The minimum absolute atomic E-state index is 0.0689. The SMILES string of the molecule is CC[C@@H](N)c1ccc(N2CCN(CC3CC3)CC2)cn1. The van der Waals surface area contributed by atoms with Crippen LogP contribution in [0.3, 0.4) is 0 Å². The van der Waals surface area contributed by atoms with E-state index in [0.29, 0.717) is 0 Å². The van der Waals surface area contributed by atoms with Crippen molar-refractivity contribution in [3.8, 4) is 0 Å². The van der Waals surface area contributed by atoms with Crippen LogP contribution >= 0.6 is 0 Å². The van der Waals surface area contributed by atoms with E-state index in [-0.39, 0.29) is 6.04 Å². The average Bonchev–Trinajstić information content (AvgIpc) is 3.31. The van der Waals surface area contributed by atoms with Gasteiger partial charge in [-0.25, -0.2) is 0 Å². The molecule has 4 heteroatoms. The Morgan fingerprint density at radius 3 is 2.55 bits per heavy atom. The van der Waals surface area contributed by atoms with Crippen LogP contribution in [0.4, 0.5) is 5.69 Å². The molecule has 2 N–H and O–H groups in total. The average molecular weight is 274 g/mol. The standard InChI is InChI=1S/C16H26N4/c1-2-15(17)16-6-5-14(11-18-16)20-9-7-19(8-10-20)12-13-3-4-13/h5-6,11,13,15H,2-4,7-10,12,17H2,1H3/t15-/m1/s1. The fourth-order valence-corrected chi connectivity index (χ4v) is 2.87. The molecule has 0 amide bonds. The number of pyridine rings is 1. The zero-order valence-electron chi connectivity index (χ0n) is 12.5. The molecule has 110 valence electrons. The molecule has 0 radical (unpaired) electrons. The highest BCUT2D eigenvalue weighted by atomic mass is 15.3. The van der Waals surface area contributed by atoms with Crippen molar-refractivity contribution in [2.45, 2.75) is 32.2 Å². The van der Waals surface area contributed by atoms with E-state index in [1.54, 1.807) is 0 Å². The predicted octanol–water partition coefficient (Wildman–Crippen LogP) is 2.02. The summed E-state index contributed by atoms with van der Waals surface area (Å²) in [6, 6.07) is 4.33. The van der Waals surface area contributed by atoms with Gasteiger partial charge >= 0.3 is 0 Å². The monoisotopic (exact) mass is 274 g/mol. The summed E-state index contributed by atoms with van der Waals surface area (Å²) < 4.78 is 0. The molecule has 2 fully saturated rings. The second kappa shape index (κ2) is 6.10. The lowest BCUT2D eigenvalue weighted by Crippen LogP contribution is -2.47. The van der Waals surface area contributed by atoms with Crippen molar-refractivity contribution in [2.24, 2.45) is 11.7 Å². The first-order chi connectivity index (χ1) is 9.76. The molecule has 1 aromatic rings. The summed E-state index contributed by atoms with van der Waals surface area (Å²) in [4.78, 5) is 9.58. The number of anilines is 1. The summed E-state index contributed by atoms with van der Waals surface area (Å²) in [5.41, 5.74) is 8.25. The Balaban J connectivity index is 1.54. The highest BCUT2D eigenvalue weighted by molar-refractivity contribution is 5.45. The summed E-state index contributed by atoms with van der Waals surface area (Å²) >= 11 is 0. The van der Waals surface area contributed by atoms with E-state index in [1.165, 1.54) is 38.2 Å². The Bertz CT molecular complexity index is 419. The number of nitrogens with two attached hydrogens (primary N) is 1. The molecule has 1 aromatic heterocycles. The molecule has 3 rings (SSSR count). The van der Waals surface area contributed by atoms with Crippen LogP contribution < -0.4 is 10.6 Å². The fraction of sp³-hybridized carbons (Fsp3) is 0.688. The highest BCUT2D eigenvalue weighted by Gasteiger charge is 2.26. The topological polar surface area (TPSA) is 45.4 Å². The Hall–Kier alpha value is -1.13. The quantitative estimate of drug-likeness (QED) is 0.892. The number of nitrogens with zero attached hydrogens (tertiary/aromatic N) is 3. The molecule has 2 aliphatic rings. The van der Waals surface area contributed by atoms with Gasteiger partial charge in [-0.1, -0.05) is 6.92 Å². The van der Waals surface area contributed by atoms with E-state index >= 15 is 0 Å². The van der Waals surface area contributed by atoms with Gasteiger partial charge in [0.25, 0.3) is 0 Å². The van der Waals surface area contributed by atoms with Gasteiger partial charge < -0.3 is 10.6 Å². The van der Waals surface area contributed by atoms with Gasteiger partial charge in [0, 0.05) is 38.8 Å². The molecule has 0 aromatic carbocycles. The van der Waals surface area contributed by atoms with E-state index in [1.807, 2.05) is 6.20 Å². The van der Waals surface area contributed by atoms with Gasteiger partial charge in [0.15, 0.2) is 0 Å². The lowest BCUT2D eigenvalue weighted by Gasteiger charge is -2.36. The maximum absolute atomic E-state index is 6.01. The molecule has 0 unspecified atom stereocenters. The van der Waals surface area contributed by atoms with Crippen LogP contribution in [0.15, 0.2) is 18.3 Å². The molecule has 20 heavy (non-hydrogen) atoms. The minimum Gasteiger partial charge on any atom is -0.368 e. The van der Waals surface area contributed by atoms with E-state index in [0.717, 1.165) is 31.1 Å². The summed E-state index contributed by atoms with van der Waals surface area (Å²) in [7, 11) is 0. The van der Waals surface area contributed by atoms with E-state index in [9.17, 15) is 0 Å². The van der Waals surface area contributed by atoms with Gasteiger partial charge in [0.1, 0.15) is 0 Å². The normalized spacial score (nSPS) is 22.0. The molecule has 4 nitrogen and oxygen atoms in total. The van der Waals surface area contributed by atoms with Crippen molar-refractivity contribution in [2.75, 3.05) is 37.6 Å². The smallest absolute Gasteiger partial charge is 0.0572 e. The van der Waals surface area contributed by atoms with Crippen molar-refractivity contribution in [1.82, 2.24) is 9.88 Å². The van der Waals surface area contributed by atoms with Gasteiger partial charge in [-0.2, -0.15) is 0 Å². The van der Waals surface area contributed by atoms with Gasteiger partial charge in [-0.05, 0) is 37.3 Å². The van der Waals surface area contributed by atoms with Crippen LogP contribution in [-0.4, -0.2) is 42.6 Å². The molecule has 1 atom stereocenters. The second-order valence-electron chi connectivity index (χ2n) is 6.19. The number of hydrogen-bond acceptors (Lipinski definition) is 4. The molecular formula is C16H26N4. The first-order valence-corrected chi connectivity index (χ1v) is 7.95. The first-order valence-electron chi connectivity index (χ1n) is 7.95. The fourth-order valence-electron chi connectivity index (χ4n) is 2.87. The third-order valence-corrected chi connectivity index (χ3v) is 4.54. The van der Waals surface area contributed by atoms with Gasteiger partial charge in [-0.3, -0.25) is 9.88 Å². The summed E-state index contributed by atoms with van der Waals surface area (Å²) in [5.74, 6) is 0.998. The van der Waals surface area contributed by atoms with Crippen LogP contribution in [0.25, 0.3) is 0 Å².